The molecule has 2 atom stereocenters. The summed E-state index contributed by atoms with van der Waals surface area (Å²) in [5, 5.41) is 0. The highest BCUT2D eigenvalue weighted by molar-refractivity contribution is 5.52. The molecule has 1 nitrogen and oxygen atoms in total. The molecule has 0 N–H and O–H groups in total. The Morgan fingerprint density at radius 1 is 1.64 bits per heavy atom. The van der Waals surface area contributed by atoms with E-state index in [9.17, 15) is 4.79 Å². The van der Waals surface area contributed by atoms with Crippen LogP contribution in [0.15, 0.2) is 11.6 Å². The van der Waals surface area contributed by atoms with E-state index < -0.39 is 0 Å². The lowest BCUT2D eigenvalue weighted by Crippen LogP contribution is -2.21. The summed E-state index contributed by atoms with van der Waals surface area (Å²) in [5.74, 6) is 0.969. The Morgan fingerprint density at radius 2 is 2.29 bits per heavy atom. The predicted molar refractivity (Wildman–Crippen MR) is 60.1 cm³/mol. The minimum atomic E-state index is 0.228. The summed E-state index contributed by atoms with van der Waals surface area (Å²) in [6, 6.07) is 0. The second-order valence-electron chi connectivity index (χ2n) is 5.23. The van der Waals surface area contributed by atoms with Crippen LogP contribution in [0.3, 0.4) is 0 Å². The zero-order valence-electron chi connectivity index (χ0n) is 9.84. The molecule has 1 unspecified atom stereocenters. The first-order valence-corrected chi connectivity index (χ1v) is 5.61. The van der Waals surface area contributed by atoms with Crippen LogP contribution in [0.1, 0.15) is 47.0 Å². The first-order valence-electron chi connectivity index (χ1n) is 5.61. The fourth-order valence-electron chi connectivity index (χ4n) is 2.21. The number of carbonyl (C=O) groups excluding carboxylic acids is 1. The Morgan fingerprint density at radius 3 is 2.71 bits per heavy atom. The zero-order chi connectivity index (χ0) is 10.8. The molecule has 1 rings (SSSR count). The highest BCUT2D eigenvalue weighted by Crippen LogP contribution is 2.45. The van der Waals surface area contributed by atoms with Gasteiger partial charge in [-0.15, -0.1) is 0 Å². The Hall–Kier alpha value is -0.590. The van der Waals surface area contributed by atoms with Crippen LogP contribution in [0.25, 0.3) is 0 Å². The second kappa shape index (κ2) is 4.29. The van der Waals surface area contributed by atoms with Crippen LogP contribution >= 0.6 is 0 Å². The van der Waals surface area contributed by atoms with Gasteiger partial charge >= 0.3 is 0 Å². The van der Waals surface area contributed by atoms with E-state index in [4.69, 9.17) is 0 Å². The van der Waals surface area contributed by atoms with Crippen molar-refractivity contribution in [2.24, 2.45) is 17.3 Å². The molecular formula is C13H22O. The molecule has 0 aliphatic heterocycles. The van der Waals surface area contributed by atoms with Crippen molar-refractivity contribution in [3.05, 3.63) is 11.6 Å². The van der Waals surface area contributed by atoms with Gasteiger partial charge in [-0.25, -0.2) is 0 Å². The van der Waals surface area contributed by atoms with Gasteiger partial charge in [0.05, 0.1) is 0 Å². The maximum Gasteiger partial charge on any atom is 0.122 e. The molecule has 0 radical (unpaired) electrons. The van der Waals surface area contributed by atoms with Crippen LogP contribution in [-0.2, 0) is 4.79 Å². The van der Waals surface area contributed by atoms with Gasteiger partial charge in [-0.1, -0.05) is 32.4 Å². The summed E-state index contributed by atoms with van der Waals surface area (Å²) in [6.45, 7) is 8.88. The lowest BCUT2D eigenvalue weighted by atomic mass is 9.75. The van der Waals surface area contributed by atoms with Gasteiger partial charge in [-0.3, -0.25) is 0 Å². The topological polar surface area (TPSA) is 17.1 Å². The highest BCUT2D eigenvalue weighted by atomic mass is 16.1. The van der Waals surface area contributed by atoms with Crippen molar-refractivity contribution in [2.75, 3.05) is 0 Å². The summed E-state index contributed by atoms with van der Waals surface area (Å²) in [5.41, 5.74) is 1.86. The zero-order valence-corrected chi connectivity index (χ0v) is 9.84. The maximum absolute atomic E-state index is 10.5. The lowest BCUT2D eigenvalue weighted by molar-refractivity contribution is -0.110. The molecule has 0 saturated carbocycles. The van der Waals surface area contributed by atoms with E-state index in [2.05, 4.69) is 26.8 Å². The largest absolute Gasteiger partial charge is 0.303 e. The summed E-state index contributed by atoms with van der Waals surface area (Å²) in [6.07, 6.45) is 6.85. The van der Waals surface area contributed by atoms with Gasteiger partial charge < -0.3 is 4.79 Å². The van der Waals surface area contributed by atoms with Crippen LogP contribution in [0.4, 0.5) is 0 Å². The van der Waals surface area contributed by atoms with Crippen molar-refractivity contribution in [3.8, 4) is 0 Å². The van der Waals surface area contributed by atoms with E-state index in [1.807, 2.05) is 6.92 Å². The van der Waals surface area contributed by atoms with E-state index >= 15 is 0 Å². The summed E-state index contributed by atoms with van der Waals surface area (Å²) < 4.78 is 0. The standard InChI is InChI=1S/C13H22O/c1-10(9-14)5-7-12-8-6-11(2)13(12,3)4/h6,9-10,12H,5,7-8H2,1-4H3/t10-,12?/m0/s1. The van der Waals surface area contributed by atoms with E-state index in [0.717, 1.165) is 18.6 Å². The van der Waals surface area contributed by atoms with Gasteiger partial charge in [-0.2, -0.15) is 0 Å². The molecule has 0 aromatic heterocycles. The van der Waals surface area contributed by atoms with Gasteiger partial charge in [0.1, 0.15) is 6.29 Å². The predicted octanol–water partition coefficient (Wildman–Crippen LogP) is 3.59. The highest BCUT2D eigenvalue weighted by Gasteiger charge is 2.34. The van der Waals surface area contributed by atoms with Gasteiger partial charge in [0.15, 0.2) is 0 Å². The van der Waals surface area contributed by atoms with Crippen molar-refractivity contribution < 1.29 is 4.79 Å². The summed E-state index contributed by atoms with van der Waals surface area (Å²) in [4.78, 5) is 10.5. The number of rotatable bonds is 4. The van der Waals surface area contributed by atoms with Gasteiger partial charge in [0.25, 0.3) is 0 Å². The Kier molecular flexibility index (Phi) is 3.52. The molecule has 0 aromatic rings. The molecule has 1 aliphatic rings. The van der Waals surface area contributed by atoms with Crippen LogP contribution in [0, 0.1) is 17.3 Å². The molecule has 0 fully saturated rings. The molecule has 0 saturated heterocycles. The molecule has 1 aliphatic carbocycles. The fourth-order valence-corrected chi connectivity index (χ4v) is 2.21. The molecule has 0 aromatic carbocycles. The van der Waals surface area contributed by atoms with Crippen molar-refractivity contribution in [1.29, 1.82) is 0 Å². The number of aldehydes is 1. The van der Waals surface area contributed by atoms with Crippen LogP contribution in [0.5, 0.6) is 0 Å². The van der Waals surface area contributed by atoms with Crippen molar-refractivity contribution in [3.63, 3.8) is 0 Å². The SMILES string of the molecule is CC1=CCC(CC[C@H](C)C=O)C1(C)C. The summed E-state index contributed by atoms with van der Waals surface area (Å²) >= 11 is 0. The normalized spacial score (nSPS) is 27.1. The van der Waals surface area contributed by atoms with Crippen LogP contribution < -0.4 is 0 Å². The first kappa shape index (κ1) is 11.5. The second-order valence-corrected chi connectivity index (χ2v) is 5.23. The van der Waals surface area contributed by atoms with Crippen molar-refractivity contribution in [2.45, 2.75) is 47.0 Å². The van der Waals surface area contributed by atoms with Gasteiger partial charge in [-0.05, 0) is 37.5 Å². The van der Waals surface area contributed by atoms with Gasteiger partial charge in [0.2, 0.25) is 0 Å². The minimum Gasteiger partial charge on any atom is -0.303 e. The minimum absolute atomic E-state index is 0.228. The third-order valence-electron chi connectivity index (χ3n) is 3.95. The number of carbonyl (C=O) groups is 1. The van der Waals surface area contributed by atoms with E-state index in [1.165, 1.54) is 18.4 Å². The molecule has 80 valence electrons. The monoisotopic (exact) mass is 194 g/mol. The van der Waals surface area contributed by atoms with Crippen molar-refractivity contribution >= 4 is 6.29 Å². The van der Waals surface area contributed by atoms with E-state index in [1.54, 1.807) is 0 Å². The fraction of sp³-hybridized carbons (Fsp3) is 0.769. The first-order chi connectivity index (χ1) is 6.48. The molecule has 1 heteroatoms. The average molecular weight is 194 g/mol. The molecule has 0 spiro atoms. The lowest BCUT2D eigenvalue weighted by Gasteiger charge is -2.30. The maximum atomic E-state index is 10.5. The summed E-state index contributed by atoms with van der Waals surface area (Å²) in [7, 11) is 0. The third kappa shape index (κ3) is 2.26. The average Bonchev–Trinajstić information content (AvgIpc) is 2.39. The van der Waals surface area contributed by atoms with E-state index in [-0.39, 0.29) is 5.92 Å². The molecule has 0 bridgehead atoms. The van der Waals surface area contributed by atoms with Crippen molar-refractivity contribution in [1.82, 2.24) is 0 Å². The number of hydrogen-bond donors (Lipinski definition) is 0. The number of hydrogen-bond acceptors (Lipinski definition) is 1. The Labute approximate surface area is 87.6 Å². The van der Waals surface area contributed by atoms with Crippen LogP contribution in [-0.4, -0.2) is 6.29 Å². The number of allylic oxidation sites excluding steroid dienone is 2. The third-order valence-corrected chi connectivity index (χ3v) is 3.95. The van der Waals surface area contributed by atoms with E-state index in [0.29, 0.717) is 5.41 Å². The Bertz CT molecular complexity index is 238. The Balaban J connectivity index is 2.45. The smallest absolute Gasteiger partial charge is 0.122 e. The quantitative estimate of drug-likeness (QED) is 0.493. The van der Waals surface area contributed by atoms with Gasteiger partial charge in [0, 0.05) is 5.92 Å². The molecular weight excluding hydrogens is 172 g/mol. The molecule has 14 heavy (non-hydrogen) atoms. The molecule has 0 heterocycles. The molecule has 0 amide bonds. The van der Waals surface area contributed by atoms with Crippen LogP contribution in [0.2, 0.25) is 0 Å².